The predicted molar refractivity (Wildman–Crippen MR) is 78.2 cm³/mol. The second kappa shape index (κ2) is 6.32. The number of allylic oxidation sites excluding steroid dienone is 4. The van der Waals surface area contributed by atoms with Crippen LogP contribution in [-0.4, -0.2) is 5.11 Å². The van der Waals surface area contributed by atoms with Crippen LogP contribution in [0.15, 0.2) is 54.7 Å². The van der Waals surface area contributed by atoms with Crippen molar-refractivity contribution in [2.24, 2.45) is 0 Å². The highest BCUT2D eigenvalue weighted by atomic mass is 16.3. The molecule has 1 N–H and O–H groups in total. The van der Waals surface area contributed by atoms with Gasteiger partial charge in [0.05, 0.1) is 0 Å². The Bertz CT molecular complexity index is 639. The van der Waals surface area contributed by atoms with Gasteiger partial charge in [-0.2, -0.15) is 0 Å². The average Bonchev–Trinajstić information content (AvgIpc) is 2.32. The van der Waals surface area contributed by atoms with Gasteiger partial charge < -0.3 is 5.11 Å². The summed E-state index contributed by atoms with van der Waals surface area (Å²) in [5, 5.41) is 11.0. The van der Waals surface area contributed by atoms with Crippen LogP contribution in [0, 0.1) is 12.3 Å². The van der Waals surface area contributed by atoms with Crippen LogP contribution >= 0.6 is 0 Å². The normalized spacial score (nSPS) is 11.4. The van der Waals surface area contributed by atoms with Gasteiger partial charge in [-0.15, -0.1) is 12.3 Å². The van der Waals surface area contributed by atoms with Gasteiger partial charge in [0.25, 0.3) is 0 Å². The number of terminal acetylenes is 1. The Labute approximate surface area is 108 Å². The zero-order valence-corrected chi connectivity index (χ0v) is 10.3. The summed E-state index contributed by atoms with van der Waals surface area (Å²) >= 11 is 0. The number of aromatic hydroxyl groups is 1. The van der Waals surface area contributed by atoms with Crippen molar-refractivity contribution < 1.29 is 5.11 Å². The van der Waals surface area contributed by atoms with Gasteiger partial charge in [0.15, 0.2) is 0 Å². The third kappa shape index (κ3) is 3.84. The molecule has 0 aliphatic carbocycles. The molecular weight excluding hydrogens is 220 g/mol. The highest BCUT2D eigenvalue weighted by Gasteiger charge is 1.93. The third-order valence-corrected chi connectivity index (χ3v) is 2.42. The number of phenols is 1. The van der Waals surface area contributed by atoms with Crippen molar-refractivity contribution >= 4 is 12.7 Å². The second-order valence-electron chi connectivity index (χ2n) is 3.89. The Balaban J connectivity index is 2.97. The first-order chi connectivity index (χ1) is 8.54. The molecule has 1 heteroatoms. The van der Waals surface area contributed by atoms with E-state index in [9.17, 15) is 5.11 Å². The zero-order chi connectivity index (χ0) is 13.5. The van der Waals surface area contributed by atoms with E-state index in [0.717, 1.165) is 21.6 Å². The van der Waals surface area contributed by atoms with E-state index in [-0.39, 0.29) is 5.75 Å². The number of phenolic OH excluding ortho intramolecular Hbond substituents is 1. The molecule has 0 atom stereocenters. The molecule has 0 saturated carbocycles. The first-order valence-corrected chi connectivity index (χ1v) is 5.52. The molecule has 18 heavy (non-hydrogen) atoms. The van der Waals surface area contributed by atoms with E-state index < -0.39 is 0 Å². The molecule has 0 bridgehead atoms. The molecule has 1 rings (SSSR count). The van der Waals surface area contributed by atoms with Gasteiger partial charge in [-0.3, -0.25) is 0 Å². The first kappa shape index (κ1) is 13.6. The van der Waals surface area contributed by atoms with Crippen LogP contribution in [0.3, 0.4) is 0 Å². The van der Waals surface area contributed by atoms with Crippen molar-refractivity contribution in [3.05, 3.63) is 65.1 Å². The fourth-order valence-electron chi connectivity index (χ4n) is 1.39. The van der Waals surface area contributed by atoms with E-state index in [1.807, 2.05) is 18.2 Å². The average molecular weight is 236 g/mol. The van der Waals surface area contributed by atoms with Gasteiger partial charge in [-0.05, 0) is 39.8 Å². The highest BCUT2D eigenvalue weighted by Crippen LogP contribution is 2.08. The maximum absolute atomic E-state index is 9.30. The Morgan fingerprint density at radius 3 is 2.67 bits per heavy atom. The topological polar surface area (TPSA) is 20.2 Å². The zero-order valence-electron chi connectivity index (χ0n) is 10.3. The number of rotatable bonds is 4. The summed E-state index contributed by atoms with van der Waals surface area (Å²) < 4.78 is 0. The number of hydrogen-bond acceptors (Lipinski definition) is 1. The fourth-order valence-corrected chi connectivity index (χ4v) is 1.39. The van der Waals surface area contributed by atoms with Crippen LogP contribution in [-0.2, 0) is 0 Å². The molecule has 1 aromatic rings. The summed E-state index contributed by atoms with van der Waals surface area (Å²) in [5.41, 5.74) is 1.59. The quantitative estimate of drug-likeness (QED) is 0.628. The predicted octanol–water partition coefficient (Wildman–Crippen LogP) is 2.27. The van der Waals surface area contributed by atoms with Crippen molar-refractivity contribution in [2.75, 3.05) is 0 Å². The molecular formula is C17H16O. The lowest BCUT2D eigenvalue weighted by Crippen LogP contribution is -2.22. The molecule has 0 saturated heterocycles. The maximum Gasteiger partial charge on any atom is 0.116 e. The molecule has 0 unspecified atom stereocenters. The summed E-state index contributed by atoms with van der Waals surface area (Å²) in [6, 6.07) is 5.02. The summed E-state index contributed by atoms with van der Waals surface area (Å²) in [7, 11) is 0. The van der Waals surface area contributed by atoms with Crippen molar-refractivity contribution in [3.63, 3.8) is 0 Å². The number of benzene rings is 1. The van der Waals surface area contributed by atoms with E-state index in [4.69, 9.17) is 6.42 Å². The molecule has 0 radical (unpaired) electrons. The lowest BCUT2D eigenvalue weighted by atomic mass is 10.1. The van der Waals surface area contributed by atoms with E-state index >= 15 is 0 Å². The van der Waals surface area contributed by atoms with Crippen molar-refractivity contribution in [3.8, 4) is 18.1 Å². The van der Waals surface area contributed by atoms with Gasteiger partial charge >= 0.3 is 0 Å². The minimum Gasteiger partial charge on any atom is -0.508 e. The summed E-state index contributed by atoms with van der Waals surface area (Å²) in [6.07, 6.45) is 11.3. The number of hydrogen-bond donors (Lipinski definition) is 1. The van der Waals surface area contributed by atoms with Crippen LogP contribution in [0.4, 0.5) is 0 Å². The largest absolute Gasteiger partial charge is 0.508 e. The molecule has 0 aromatic heterocycles. The van der Waals surface area contributed by atoms with E-state index in [2.05, 4.69) is 25.7 Å². The molecule has 0 spiro atoms. The SMILES string of the molecule is C#CC/C=C\C(=C)C(=C)/C=c1/ccc(O)cc1=C. The Morgan fingerprint density at radius 1 is 1.33 bits per heavy atom. The van der Waals surface area contributed by atoms with Gasteiger partial charge in [0.1, 0.15) is 5.75 Å². The van der Waals surface area contributed by atoms with Crippen LogP contribution in [0.25, 0.3) is 12.7 Å². The van der Waals surface area contributed by atoms with Crippen molar-refractivity contribution in [2.45, 2.75) is 6.42 Å². The second-order valence-corrected chi connectivity index (χ2v) is 3.89. The molecule has 0 amide bonds. The first-order valence-electron chi connectivity index (χ1n) is 5.52. The Morgan fingerprint density at radius 2 is 2.06 bits per heavy atom. The molecule has 0 heterocycles. The fraction of sp³-hybridized carbons (Fsp3) is 0.0588. The molecule has 1 aromatic carbocycles. The van der Waals surface area contributed by atoms with Gasteiger partial charge in [-0.1, -0.05) is 38.0 Å². The van der Waals surface area contributed by atoms with E-state index in [1.54, 1.807) is 18.2 Å². The van der Waals surface area contributed by atoms with E-state index in [0.29, 0.717) is 6.42 Å². The van der Waals surface area contributed by atoms with Gasteiger partial charge in [-0.25, -0.2) is 0 Å². The van der Waals surface area contributed by atoms with Gasteiger partial charge in [0.2, 0.25) is 0 Å². The highest BCUT2D eigenvalue weighted by molar-refractivity contribution is 5.59. The minimum atomic E-state index is 0.204. The van der Waals surface area contributed by atoms with Crippen molar-refractivity contribution in [1.82, 2.24) is 0 Å². The summed E-state index contributed by atoms with van der Waals surface area (Å²) in [5.74, 6) is 2.73. The molecule has 90 valence electrons. The van der Waals surface area contributed by atoms with Crippen LogP contribution in [0.1, 0.15) is 6.42 Å². The molecule has 0 aliphatic heterocycles. The maximum atomic E-state index is 9.30. The van der Waals surface area contributed by atoms with Crippen LogP contribution in [0.5, 0.6) is 5.75 Å². The van der Waals surface area contributed by atoms with E-state index in [1.165, 1.54) is 0 Å². The van der Waals surface area contributed by atoms with Crippen LogP contribution in [0.2, 0.25) is 0 Å². The summed E-state index contributed by atoms with van der Waals surface area (Å²) in [4.78, 5) is 0. The summed E-state index contributed by atoms with van der Waals surface area (Å²) in [6.45, 7) is 11.7. The minimum absolute atomic E-state index is 0.204. The molecule has 0 aliphatic rings. The lowest BCUT2D eigenvalue weighted by Gasteiger charge is -1.99. The molecule has 0 fully saturated rings. The lowest BCUT2D eigenvalue weighted by molar-refractivity contribution is 0.474. The van der Waals surface area contributed by atoms with Crippen LogP contribution < -0.4 is 10.4 Å². The Kier molecular flexibility index (Phi) is 4.78. The van der Waals surface area contributed by atoms with Crippen molar-refractivity contribution in [1.29, 1.82) is 0 Å². The standard InChI is InChI=1S/C17H16O/c1-5-6-7-8-13(2)14(3)11-16-9-10-17(18)12-15(16)4/h1,7-12,18H,2-4,6H2/b8-7-,16-11-. The van der Waals surface area contributed by atoms with Gasteiger partial charge in [0, 0.05) is 6.42 Å². The Hall–Kier alpha value is -2.46. The monoisotopic (exact) mass is 236 g/mol. The molecule has 1 nitrogen and oxygen atoms in total. The third-order valence-electron chi connectivity index (χ3n) is 2.42. The smallest absolute Gasteiger partial charge is 0.116 e.